The molecule has 0 fully saturated rings. The number of hydrogen-bond donors (Lipinski definition) is 2. The summed E-state index contributed by atoms with van der Waals surface area (Å²) in [4.78, 5) is 0. The van der Waals surface area contributed by atoms with Gasteiger partial charge in [0.2, 0.25) is 0 Å². The van der Waals surface area contributed by atoms with Crippen LogP contribution in [0.3, 0.4) is 0 Å². The van der Waals surface area contributed by atoms with Crippen molar-refractivity contribution in [3.63, 3.8) is 0 Å². The van der Waals surface area contributed by atoms with Gasteiger partial charge in [-0.3, -0.25) is 9.11 Å². The quantitative estimate of drug-likeness (QED) is 0.259. The van der Waals surface area contributed by atoms with Gasteiger partial charge in [0.05, 0.1) is 0 Å². The Morgan fingerprint density at radius 3 is 1.14 bits per heavy atom. The summed E-state index contributed by atoms with van der Waals surface area (Å²) >= 11 is 0. The van der Waals surface area contributed by atoms with Crippen LogP contribution in [0.15, 0.2) is 0 Å². The molecule has 4 nitrogen and oxygen atoms in total. The number of hydrogen-bond acceptors (Lipinski definition) is 2. The predicted octanol–water partition coefficient (Wildman–Crippen LogP) is -6.64. The maximum absolute atomic E-state index is 8.74. The van der Waals surface area contributed by atoms with Gasteiger partial charge in [0.1, 0.15) is 0 Å². The molecule has 0 aliphatic heterocycles. The van der Waals surface area contributed by atoms with E-state index in [0.717, 1.165) is 0 Å². The molecule has 0 aliphatic rings. The Labute approximate surface area is 101 Å². The fourth-order valence-corrected chi connectivity index (χ4v) is 0. The van der Waals surface area contributed by atoms with Crippen LogP contribution in [0.25, 0.3) is 0 Å². The minimum atomic E-state index is -4.67. The van der Waals surface area contributed by atoms with Gasteiger partial charge >= 0.3 is 61.8 Å². The molecule has 7 heteroatoms. The molecule has 0 saturated carbocycles. The topological polar surface area (TPSA) is 74.6 Å². The van der Waals surface area contributed by atoms with Crippen LogP contribution in [0, 0.1) is 0 Å². The molecule has 0 rings (SSSR count). The third-order valence-corrected chi connectivity index (χ3v) is 0. The van der Waals surface area contributed by atoms with Crippen LogP contribution >= 0.6 is 0 Å². The summed E-state index contributed by atoms with van der Waals surface area (Å²) in [5, 5.41) is 0. The molecule has 0 heterocycles. The monoisotopic (exact) mass is 264 g/mol. The van der Waals surface area contributed by atoms with Gasteiger partial charge in [0.15, 0.2) is 0 Å². The van der Waals surface area contributed by atoms with E-state index in [4.69, 9.17) is 17.5 Å². The maximum Gasteiger partial charge on any atom is 1.00 e. The fourth-order valence-electron chi connectivity index (χ4n) is 0. The third-order valence-electron chi connectivity index (χ3n) is 0. The normalized spacial score (nSPS) is 8.29. The van der Waals surface area contributed by atoms with Crippen molar-refractivity contribution in [1.82, 2.24) is 0 Å². The van der Waals surface area contributed by atoms with Gasteiger partial charge in [-0.05, 0) is 0 Å². The molecule has 0 bridgehead atoms. The van der Waals surface area contributed by atoms with Crippen LogP contribution < -0.4 is 75.4 Å². The molecule has 0 aromatic carbocycles. The molecule has 0 saturated heterocycles. The van der Waals surface area contributed by atoms with Crippen molar-refractivity contribution >= 4 is 10.4 Å². The van der Waals surface area contributed by atoms with Crippen molar-refractivity contribution in [2.24, 2.45) is 0 Å². The van der Waals surface area contributed by atoms with Crippen molar-refractivity contribution in [2.75, 3.05) is 0 Å². The maximum atomic E-state index is 8.74. The minimum Gasteiger partial charge on any atom is -1.00 e. The van der Waals surface area contributed by atoms with E-state index in [1.807, 2.05) is 0 Å². The Morgan fingerprint density at radius 1 is 1.14 bits per heavy atom. The Kier molecular flexibility index (Phi) is 14.6. The SMILES string of the molecule is O=S(=O)(O)O.[I-].[K+]. The molecule has 40 valence electrons. The molecular weight excluding hydrogens is 262 g/mol. The van der Waals surface area contributed by atoms with Crippen molar-refractivity contribution in [3.8, 4) is 0 Å². The molecule has 0 aliphatic carbocycles. The summed E-state index contributed by atoms with van der Waals surface area (Å²) in [6.45, 7) is 0. The van der Waals surface area contributed by atoms with Gasteiger partial charge in [-0.25, -0.2) is 0 Å². The van der Waals surface area contributed by atoms with Gasteiger partial charge in [0, 0.05) is 0 Å². The molecule has 0 unspecified atom stereocenters. The van der Waals surface area contributed by atoms with Crippen LogP contribution in [0.5, 0.6) is 0 Å². The van der Waals surface area contributed by atoms with Crippen LogP contribution in [-0.2, 0) is 10.4 Å². The summed E-state index contributed by atoms with van der Waals surface area (Å²) in [5.41, 5.74) is 0. The second-order valence-corrected chi connectivity index (χ2v) is 1.34. The Balaban J connectivity index is -0.0000000800. The van der Waals surface area contributed by atoms with E-state index in [1.165, 1.54) is 0 Å². The molecule has 0 aromatic rings. The summed E-state index contributed by atoms with van der Waals surface area (Å²) in [7, 11) is -4.67. The van der Waals surface area contributed by atoms with Crippen LogP contribution in [0.1, 0.15) is 0 Å². The second-order valence-electron chi connectivity index (χ2n) is 0.448. The molecule has 7 heavy (non-hydrogen) atoms. The zero-order valence-electron chi connectivity index (χ0n) is 3.50. The van der Waals surface area contributed by atoms with Crippen molar-refractivity contribution in [2.45, 2.75) is 0 Å². The van der Waals surface area contributed by atoms with E-state index < -0.39 is 10.4 Å². The van der Waals surface area contributed by atoms with E-state index in [2.05, 4.69) is 0 Å². The Bertz CT molecular complexity index is 94.9. The molecule has 0 atom stereocenters. The van der Waals surface area contributed by atoms with E-state index in [-0.39, 0.29) is 75.4 Å². The minimum absolute atomic E-state index is 0. The van der Waals surface area contributed by atoms with E-state index in [9.17, 15) is 0 Å². The van der Waals surface area contributed by atoms with E-state index in [0.29, 0.717) is 0 Å². The zero-order chi connectivity index (χ0) is 4.50. The van der Waals surface area contributed by atoms with Crippen molar-refractivity contribution < 1.29 is 92.9 Å². The zero-order valence-corrected chi connectivity index (χ0v) is 9.59. The molecule has 2 N–H and O–H groups in total. The predicted molar refractivity (Wildman–Crippen MR) is 14.2 cm³/mol. The van der Waals surface area contributed by atoms with E-state index >= 15 is 0 Å². The third kappa shape index (κ3) is 64.0. The molecule has 0 radical (unpaired) electrons. The first-order chi connectivity index (χ1) is 2.00. The van der Waals surface area contributed by atoms with Crippen LogP contribution in [0.2, 0.25) is 0 Å². The number of halogens is 1. The fraction of sp³-hybridized carbons (Fsp3) is 0. The largest absolute Gasteiger partial charge is 1.00 e. The molecule has 0 aromatic heterocycles. The Morgan fingerprint density at radius 2 is 1.14 bits per heavy atom. The van der Waals surface area contributed by atoms with Gasteiger partial charge < -0.3 is 24.0 Å². The standard InChI is InChI=1S/HI.K.H2O4S/c;;1-5(2,3)4/h1H;;(H2,1,2,3,4)/q;+1;/p-1. The van der Waals surface area contributed by atoms with Gasteiger partial charge in [-0.1, -0.05) is 0 Å². The van der Waals surface area contributed by atoms with Crippen molar-refractivity contribution in [1.29, 1.82) is 0 Å². The molecular formula is H2IKO4S. The smallest absolute Gasteiger partial charge is 1.00 e. The molecule has 0 amide bonds. The summed E-state index contributed by atoms with van der Waals surface area (Å²) in [5.74, 6) is 0. The van der Waals surface area contributed by atoms with Crippen molar-refractivity contribution in [3.05, 3.63) is 0 Å². The van der Waals surface area contributed by atoms with Gasteiger partial charge in [-0.2, -0.15) is 8.42 Å². The average Bonchev–Trinajstić information content (AvgIpc) is 0.722. The number of rotatable bonds is 0. The molecule has 0 spiro atoms. The summed E-state index contributed by atoms with van der Waals surface area (Å²) < 4.78 is 31.6. The van der Waals surface area contributed by atoms with Gasteiger partial charge in [0.25, 0.3) is 0 Å². The first kappa shape index (κ1) is 16.1. The Hall–Kier alpha value is 2.24. The van der Waals surface area contributed by atoms with Crippen LogP contribution in [-0.4, -0.2) is 17.5 Å². The van der Waals surface area contributed by atoms with E-state index in [1.54, 1.807) is 0 Å². The summed E-state index contributed by atoms with van der Waals surface area (Å²) in [6.07, 6.45) is 0. The first-order valence-electron chi connectivity index (χ1n) is 0.698. The van der Waals surface area contributed by atoms with Gasteiger partial charge in [-0.15, -0.1) is 0 Å². The second kappa shape index (κ2) is 6.36. The van der Waals surface area contributed by atoms with Crippen LogP contribution in [0.4, 0.5) is 0 Å². The average molecular weight is 264 g/mol. The first-order valence-corrected chi connectivity index (χ1v) is 2.10. The summed E-state index contributed by atoms with van der Waals surface area (Å²) in [6, 6.07) is 0.